The van der Waals surface area contributed by atoms with Crippen molar-refractivity contribution in [2.75, 3.05) is 13.7 Å². The first-order valence-electron chi connectivity index (χ1n) is 8.81. The van der Waals surface area contributed by atoms with Crippen molar-refractivity contribution in [2.45, 2.75) is 46.0 Å². The van der Waals surface area contributed by atoms with E-state index in [2.05, 4.69) is 11.7 Å². The van der Waals surface area contributed by atoms with Gasteiger partial charge in [-0.3, -0.25) is 0 Å². The molecule has 0 aliphatic rings. The molecule has 0 unspecified atom stereocenters. The van der Waals surface area contributed by atoms with Crippen LogP contribution < -0.4 is 0 Å². The van der Waals surface area contributed by atoms with Gasteiger partial charge in [-0.25, -0.2) is 9.59 Å². The van der Waals surface area contributed by atoms with Crippen LogP contribution >= 0.6 is 0 Å². The number of esters is 2. The normalized spacial score (nSPS) is 12.0. The van der Waals surface area contributed by atoms with Crippen molar-refractivity contribution >= 4 is 11.9 Å². The second-order valence-corrected chi connectivity index (χ2v) is 5.70. The molecule has 0 N–H and O–H groups in total. The minimum Gasteiger partial charge on any atom is -0.466 e. The first-order valence-corrected chi connectivity index (χ1v) is 8.81. The highest BCUT2D eigenvalue weighted by Crippen LogP contribution is 2.21. The maximum absolute atomic E-state index is 12.5. The van der Waals surface area contributed by atoms with Gasteiger partial charge in [0.25, 0.3) is 0 Å². The lowest BCUT2D eigenvalue weighted by molar-refractivity contribution is -0.138. The first-order chi connectivity index (χ1) is 12.1. The molecule has 4 nitrogen and oxygen atoms in total. The molecule has 0 saturated heterocycles. The van der Waals surface area contributed by atoms with Crippen LogP contribution in [0.5, 0.6) is 0 Å². The third-order valence-electron chi connectivity index (χ3n) is 3.80. The summed E-state index contributed by atoms with van der Waals surface area (Å²) in [4.78, 5) is 24.0. The quantitative estimate of drug-likeness (QED) is 0.273. The molecule has 0 atom stereocenters. The van der Waals surface area contributed by atoms with Gasteiger partial charge in [-0.05, 0) is 30.9 Å². The molecule has 136 valence electrons. The fourth-order valence-electron chi connectivity index (χ4n) is 2.47. The van der Waals surface area contributed by atoms with Crippen molar-refractivity contribution in [1.82, 2.24) is 0 Å². The van der Waals surface area contributed by atoms with Crippen molar-refractivity contribution < 1.29 is 19.1 Å². The van der Waals surface area contributed by atoms with E-state index in [1.165, 1.54) is 13.2 Å². The van der Waals surface area contributed by atoms with Crippen LogP contribution in [0.2, 0.25) is 0 Å². The van der Waals surface area contributed by atoms with Gasteiger partial charge >= 0.3 is 11.9 Å². The van der Waals surface area contributed by atoms with Gasteiger partial charge in [0, 0.05) is 18.1 Å². The Balaban J connectivity index is 3.20. The van der Waals surface area contributed by atoms with Gasteiger partial charge in [0.05, 0.1) is 13.7 Å². The van der Waals surface area contributed by atoms with Crippen molar-refractivity contribution in [2.24, 2.45) is 0 Å². The van der Waals surface area contributed by atoms with Crippen LogP contribution in [0.25, 0.3) is 0 Å². The predicted molar refractivity (Wildman–Crippen MR) is 99.1 cm³/mol. The third-order valence-corrected chi connectivity index (χ3v) is 3.80. The molecule has 0 aliphatic carbocycles. The Morgan fingerprint density at radius 3 is 2.36 bits per heavy atom. The lowest BCUT2D eigenvalue weighted by Gasteiger charge is -2.13. The number of hydrogen-bond donors (Lipinski definition) is 0. The Kier molecular flexibility index (Phi) is 9.98. The molecular formula is C21H28O4. The highest BCUT2D eigenvalue weighted by atomic mass is 16.5. The molecule has 0 spiro atoms. The number of hydrogen-bond acceptors (Lipinski definition) is 4. The molecule has 0 fully saturated rings. The molecule has 0 aromatic heterocycles. The summed E-state index contributed by atoms with van der Waals surface area (Å²) in [5.41, 5.74) is 2.47. The van der Waals surface area contributed by atoms with Gasteiger partial charge in [-0.1, -0.05) is 56.2 Å². The van der Waals surface area contributed by atoms with Gasteiger partial charge in [0.2, 0.25) is 0 Å². The monoisotopic (exact) mass is 344 g/mol. The molecule has 0 amide bonds. The number of benzene rings is 1. The molecule has 0 radical (unpaired) electrons. The Hall–Kier alpha value is -2.36. The van der Waals surface area contributed by atoms with E-state index in [1.54, 1.807) is 13.0 Å². The lowest BCUT2D eigenvalue weighted by atomic mass is 9.95. The molecule has 0 aliphatic heterocycles. The van der Waals surface area contributed by atoms with E-state index in [9.17, 15) is 9.59 Å². The Bertz CT molecular complexity index is 600. The summed E-state index contributed by atoms with van der Waals surface area (Å²) in [5, 5.41) is 0. The van der Waals surface area contributed by atoms with Crippen molar-refractivity contribution in [3.8, 4) is 0 Å². The van der Waals surface area contributed by atoms with Gasteiger partial charge in [0.1, 0.15) is 0 Å². The van der Waals surface area contributed by atoms with E-state index < -0.39 is 5.97 Å². The number of allylic oxidation sites excluding steroid dienone is 2. The number of ether oxygens (including phenoxy) is 2. The molecule has 1 aromatic rings. The zero-order chi connectivity index (χ0) is 18.5. The van der Waals surface area contributed by atoms with E-state index in [0.29, 0.717) is 18.6 Å². The molecule has 0 heterocycles. The maximum Gasteiger partial charge on any atom is 0.334 e. The summed E-state index contributed by atoms with van der Waals surface area (Å²) in [7, 11) is 1.34. The fourth-order valence-corrected chi connectivity index (χ4v) is 2.47. The number of carbonyl (C=O) groups is 2. The summed E-state index contributed by atoms with van der Waals surface area (Å²) in [5.74, 6) is -0.761. The first kappa shape index (κ1) is 20.7. The van der Waals surface area contributed by atoms with Crippen molar-refractivity contribution in [3.05, 3.63) is 59.2 Å². The highest BCUT2D eigenvalue weighted by molar-refractivity contribution is 5.91. The zero-order valence-corrected chi connectivity index (χ0v) is 15.4. The molecule has 25 heavy (non-hydrogen) atoms. The number of unbranched alkanes of at least 4 members (excludes halogenated alkanes) is 2. The van der Waals surface area contributed by atoms with Crippen LogP contribution in [0, 0.1) is 0 Å². The summed E-state index contributed by atoms with van der Waals surface area (Å²) in [6.07, 6.45) is 7.37. The van der Waals surface area contributed by atoms with Crippen LogP contribution in [-0.2, 0) is 25.5 Å². The van der Waals surface area contributed by atoms with Crippen LogP contribution in [0.15, 0.2) is 53.6 Å². The molecule has 1 aromatic carbocycles. The van der Waals surface area contributed by atoms with Gasteiger partial charge in [-0.15, -0.1) is 0 Å². The molecule has 1 rings (SSSR count). The van der Waals surface area contributed by atoms with E-state index in [-0.39, 0.29) is 5.97 Å². The Labute approximate surface area is 150 Å². The summed E-state index contributed by atoms with van der Waals surface area (Å²) in [6.45, 7) is 4.24. The SMILES string of the molecule is CCCCCC(/C=C/C(=O)OC)=C(/Cc1ccccc1)C(=O)OCC. The smallest absolute Gasteiger partial charge is 0.334 e. The van der Waals surface area contributed by atoms with Gasteiger partial charge in [-0.2, -0.15) is 0 Å². The highest BCUT2D eigenvalue weighted by Gasteiger charge is 2.16. The predicted octanol–water partition coefficient (Wildman–Crippen LogP) is 4.40. The summed E-state index contributed by atoms with van der Waals surface area (Å²) < 4.78 is 9.92. The average Bonchev–Trinajstić information content (AvgIpc) is 2.63. The molecule has 0 bridgehead atoms. The number of methoxy groups -OCH3 is 1. The lowest BCUT2D eigenvalue weighted by Crippen LogP contribution is -2.12. The number of carbonyl (C=O) groups excluding carboxylic acids is 2. The minimum absolute atomic E-state index is 0.320. The fraction of sp³-hybridized carbons (Fsp3) is 0.429. The molecule has 0 saturated carbocycles. The van der Waals surface area contributed by atoms with E-state index >= 15 is 0 Å². The van der Waals surface area contributed by atoms with Gasteiger partial charge < -0.3 is 9.47 Å². The topological polar surface area (TPSA) is 52.6 Å². The minimum atomic E-state index is -0.434. The second kappa shape index (κ2) is 12.1. The van der Waals surface area contributed by atoms with Crippen LogP contribution in [-0.4, -0.2) is 25.7 Å². The average molecular weight is 344 g/mol. The number of rotatable bonds is 10. The van der Waals surface area contributed by atoms with Crippen molar-refractivity contribution in [3.63, 3.8) is 0 Å². The zero-order valence-electron chi connectivity index (χ0n) is 15.4. The third kappa shape index (κ3) is 7.84. The van der Waals surface area contributed by atoms with Crippen LogP contribution in [0.1, 0.15) is 45.1 Å². The van der Waals surface area contributed by atoms with E-state index in [0.717, 1.165) is 36.8 Å². The van der Waals surface area contributed by atoms with Crippen LogP contribution in [0.4, 0.5) is 0 Å². The molecule has 4 heteroatoms. The second-order valence-electron chi connectivity index (χ2n) is 5.70. The van der Waals surface area contributed by atoms with Crippen LogP contribution in [0.3, 0.4) is 0 Å². The Morgan fingerprint density at radius 2 is 1.76 bits per heavy atom. The standard InChI is InChI=1S/C21H28O4/c1-4-6-8-13-18(14-15-20(22)24-3)19(21(23)25-5-2)16-17-11-9-7-10-12-17/h7,9-12,14-15H,4-6,8,13,16H2,1-3H3/b15-14+,19-18+. The summed E-state index contributed by atoms with van der Waals surface area (Å²) in [6, 6.07) is 9.79. The summed E-state index contributed by atoms with van der Waals surface area (Å²) >= 11 is 0. The Morgan fingerprint density at radius 1 is 1.04 bits per heavy atom. The van der Waals surface area contributed by atoms with Crippen molar-refractivity contribution in [1.29, 1.82) is 0 Å². The van der Waals surface area contributed by atoms with E-state index in [4.69, 9.17) is 4.74 Å². The van der Waals surface area contributed by atoms with E-state index in [1.807, 2.05) is 30.3 Å². The molecular weight excluding hydrogens is 316 g/mol. The maximum atomic E-state index is 12.5. The largest absolute Gasteiger partial charge is 0.466 e. The van der Waals surface area contributed by atoms with Gasteiger partial charge in [0.15, 0.2) is 0 Å².